The molecule has 0 bridgehead atoms. The van der Waals surface area contributed by atoms with Gasteiger partial charge in [-0.3, -0.25) is 14.3 Å². The van der Waals surface area contributed by atoms with E-state index in [4.69, 9.17) is 5.73 Å². The zero-order chi connectivity index (χ0) is 20.4. The van der Waals surface area contributed by atoms with Crippen LogP contribution in [0, 0.1) is 5.92 Å². The third-order valence-corrected chi connectivity index (χ3v) is 5.93. The van der Waals surface area contributed by atoms with Crippen LogP contribution in [-0.2, 0) is 11.8 Å². The van der Waals surface area contributed by atoms with Crippen molar-refractivity contribution < 1.29 is 9.59 Å². The van der Waals surface area contributed by atoms with Crippen molar-refractivity contribution in [1.82, 2.24) is 15.1 Å². The SMILES string of the molecule is Cn1cc([C@H]2CNC[C@@H]2C(=O)Nc2ccc(C(N)=O)c(N3CCCCC3)c2)cn1. The summed E-state index contributed by atoms with van der Waals surface area (Å²) in [7, 11) is 1.88. The Hall–Kier alpha value is -2.87. The average molecular weight is 396 g/mol. The van der Waals surface area contributed by atoms with Crippen molar-refractivity contribution in [3.63, 3.8) is 0 Å². The van der Waals surface area contributed by atoms with E-state index in [0.29, 0.717) is 17.8 Å². The monoisotopic (exact) mass is 396 g/mol. The van der Waals surface area contributed by atoms with E-state index in [9.17, 15) is 9.59 Å². The van der Waals surface area contributed by atoms with Gasteiger partial charge in [-0.1, -0.05) is 0 Å². The molecule has 3 heterocycles. The van der Waals surface area contributed by atoms with Crippen LogP contribution in [-0.4, -0.2) is 47.8 Å². The van der Waals surface area contributed by atoms with E-state index in [1.165, 1.54) is 6.42 Å². The molecular formula is C21H28N6O2. The summed E-state index contributed by atoms with van der Waals surface area (Å²) >= 11 is 0. The van der Waals surface area contributed by atoms with Gasteiger partial charge in [0.1, 0.15) is 0 Å². The number of benzene rings is 1. The van der Waals surface area contributed by atoms with E-state index < -0.39 is 5.91 Å². The second-order valence-corrected chi connectivity index (χ2v) is 7.95. The maximum atomic E-state index is 13.0. The number of nitrogens with one attached hydrogen (secondary N) is 2. The fraction of sp³-hybridized carbons (Fsp3) is 0.476. The molecule has 8 heteroatoms. The number of carbonyl (C=O) groups is 2. The third kappa shape index (κ3) is 4.12. The minimum Gasteiger partial charge on any atom is -0.371 e. The molecule has 0 unspecified atom stereocenters. The first-order chi connectivity index (χ1) is 14.0. The second-order valence-electron chi connectivity index (χ2n) is 7.95. The minimum absolute atomic E-state index is 0.0275. The van der Waals surface area contributed by atoms with Gasteiger partial charge >= 0.3 is 0 Å². The second kappa shape index (κ2) is 8.24. The maximum absolute atomic E-state index is 13.0. The summed E-state index contributed by atoms with van der Waals surface area (Å²) in [6, 6.07) is 5.35. The van der Waals surface area contributed by atoms with Crippen molar-refractivity contribution in [2.75, 3.05) is 36.4 Å². The molecular weight excluding hydrogens is 368 g/mol. The fourth-order valence-corrected chi connectivity index (χ4v) is 4.39. The van der Waals surface area contributed by atoms with Crippen molar-refractivity contribution in [2.45, 2.75) is 25.2 Å². The van der Waals surface area contributed by atoms with Crippen LogP contribution >= 0.6 is 0 Å². The highest BCUT2D eigenvalue weighted by atomic mass is 16.2. The summed E-state index contributed by atoms with van der Waals surface area (Å²) < 4.78 is 1.76. The number of nitrogens with zero attached hydrogens (tertiary/aromatic N) is 3. The van der Waals surface area contributed by atoms with Crippen molar-refractivity contribution in [1.29, 1.82) is 0 Å². The molecule has 2 aromatic rings. The van der Waals surface area contributed by atoms with Crippen LogP contribution in [0.15, 0.2) is 30.6 Å². The number of aromatic nitrogens is 2. The van der Waals surface area contributed by atoms with Gasteiger partial charge in [0.15, 0.2) is 0 Å². The van der Waals surface area contributed by atoms with Crippen LogP contribution in [0.5, 0.6) is 0 Å². The molecule has 1 aromatic heterocycles. The van der Waals surface area contributed by atoms with Crippen LogP contribution in [0.3, 0.4) is 0 Å². The van der Waals surface area contributed by atoms with Crippen LogP contribution < -0.4 is 21.3 Å². The van der Waals surface area contributed by atoms with Gasteiger partial charge in [0.25, 0.3) is 5.91 Å². The lowest BCUT2D eigenvalue weighted by Gasteiger charge is -2.30. The molecule has 2 amide bonds. The maximum Gasteiger partial charge on any atom is 0.250 e. The Labute approximate surface area is 170 Å². The van der Waals surface area contributed by atoms with Crippen LogP contribution in [0.1, 0.15) is 41.1 Å². The normalized spacial score (nSPS) is 21.9. The predicted octanol–water partition coefficient (Wildman–Crippen LogP) is 1.45. The lowest BCUT2D eigenvalue weighted by atomic mass is 9.90. The first kappa shape index (κ1) is 19.4. The number of hydrogen-bond acceptors (Lipinski definition) is 5. The first-order valence-electron chi connectivity index (χ1n) is 10.2. The molecule has 2 atom stereocenters. The van der Waals surface area contributed by atoms with E-state index in [0.717, 1.165) is 43.7 Å². The Morgan fingerprint density at radius 3 is 2.69 bits per heavy atom. The molecule has 0 aliphatic carbocycles. The van der Waals surface area contributed by atoms with Crippen LogP contribution in [0.25, 0.3) is 0 Å². The molecule has 154 valence electrons. The van der Waals surface area contributed by atoms with Gasteiger partial charge in [0, 0.05) is 51.0 Å². The zero-order valence-electron chi connectivity index (χ0n) is 16.7. The fourth-order valence-electron chi connectivity index (χ4n) is 4.39. The Balaban J connectivity index is 1.54. The molecule has 1 aromatic carbocycles. The Kier molecular flexibility index (Phi) is 5.53. The number of aryl methyl sites for hydroxylation is 1. The van der Waals surface area contributed by atoms with E-state index >= 15 is 0 Å². The van der Waals surface area contributed by atoms with E-state index in [1.54, 1.807) is 16.8 Å². The Morgan fingerprint density at radius 1 is 1.21 bits per heavy atom. The first-order valence-corrected chi connectivity index (χ1v) is 10.2. The lowest BCUT2D eigenvalue weighted by Crippen LogP contribution is -2.32. The number of anilines is 2. The average Bonchev–Trinajstić information content (AvgIpc) is 3.37. The minimum atomic E-state index is -0.444. The van der Waals surface area contributed by atoms with E-state index in [-0.39, 0.29) is 17.7 Å². The van der Waals surface area contributed by atoms with Gasteiger partial charge in [-0.25, -0.2) is 0 Å². The number of hydrogen-bond donors (Lipinski definition) is 3. The molecule has 4 rings (SSSR count). The largest absolute Gasteiger partial charge is 0.371 e. The van der Waals surface area contributed by atoms with Crippen molar-refractivity contribution in [2.24, 2.45) is 18.7 Å². The molecule has 2 saturated heterocycles. The molecule has 2 fully saturated rings. The molecule has 0 saturated carbocycles. The molecule has 8 nitrogen and oxygen atoms in total. The summed E-state index contributed by atoms with van der Waals surface area (Å²) in [6.07, 6.45) is 7.18. The quantitative estimate of drug-likeness (QED) is 0.709. The Bertz CT molecular complexity index is 902. The number of nitrogens with two attached hydrogens (primary N) is 1. The predicted molar refractivity (Wildman–Crippen MR) is 112 cm³/mol. The molecule has 0 spiro atoms. The zero-order valence-corrected chi connectivity index (χ0v) is 16.7. The van der Waals surface area contributed by atoms with Crippen molar-refractivity contribution in [3.8, 4) is 0 Å². The number of rotatable bonds is 5. The van der Waals surface area contributed by atoms with Gasteiger partial charge < -0.3 is 21.3 Å². The van der Waals surface area contributed by atoms with Gasteiger partial charge in [-0.05, 0) is 43.0 Å². The molecule has 2 aliphatic rings. The van der Waals surface area contributed by atoms with E-state index in [2.05, 4.69) is 20.6 Å². The number of amides is 2. The number of primary amides is 1. The lowest BCUT2D eigenvalue weighted by molar-refractivity contribution is -0.119. The molecule has 2 aliphatic heterocycles. The van der Waals surface area contributed by atoms with Crippen LogP contribution in [0.4, 0.5) is 11.4 Å². The van der Waals surface area contributed by atoms with Crippen LogP contribution in [0.2, 0.25) is 0 Å². The van der Waals surface area contributed by atoms with Gasteiger partial charge in [-0.15, -0.1) is 0 Å². The highest BCUT2D eigenvalue weighted by molar-refractivity contribution is 6.01. The van der Waals surface area contributed by atoms with Gasteiger partial charge in [-0.2, -0.15) is 5.10 Å². The smallest absolute Gasteiger partial charge is 0.250 e. The van der Waals surface area contributed by atoms with Gasteiger partial charge in [0.2, 0.25) is 5.91 Å². The molecule has 29 heavy (non-hydrogen) atoms. The van der Waals surface area contributed by atoms with Crippen molar-refractivity contribution >= 4 is 23.2 Å². The third-order valence-electron chi connectivity index (χ3n) is 5.93. The molecule has 0 radical (unpaired) electrons. The highest BCUT2D eigenvalue weighted by Crippen LogP contribution is 2.31. The van der Waals surface area contributed by atoms with E-state index in [1.807, 2.05) is 25.5 Å². The summed E-state index contributed by atoms with van der Waals surface area (Å²) in [5.41, 5.74) is 8.65. The number of piperidine rings is 1. The topological polar surface area (TPSA) is 105 Å². The molecule has 4 N–H and O–H groups in total. The standard InChI is InChI=1S/C21H28N6O2/c1-26-13-14(10-24-26)17-11-23-12-18(17)21(29)25-15-5-6-16(20(22)28)19(9-15)27-7-3-2-4-8-27/h5-6,9-10,13,17-18,23H,2-4,7-8,11-12H2,1H3,(H2,22,28)(H,25,29)/t17-,18+/m1/s1. The highest BCUT2D eigenvalue weighted by Gasteiger charge is 2.34. The number of carbonyl (C=O) groups excluding carboxylic acids is 2. The summed E-state index contributed by atoms with van der Waals surface area (Å²) in [5.74, 6) is -0.552. The Morgan fingerprint density at radius 2 is 2.00 bits per heavy atom. The summed E-state index contributed by atoms with van der Waals surface area (Å²) in [5, 5.41) is 10.6. The van der Waals surface area contributed by atoms with Crippen molar-refractivity contribution in [3.05, 3.63) is 41.7 Å². The summed E-state index contributed by atoms with van der Waals surface area (Å²) in [6.45, 7) is 3.17. The summed E-state index contributed by atoms with van der Waals surface area (Å²) in [4.78, 5) is 27.1. The van der Waals surface area contributed by atoms with Gasteiger partial charge in [0.05, 0.1) is 23.4 Å².